The topological polar surface area (TPSA) is 61.9 Å². The minimum absolute atomic E-state index is 0.0828. The van der Waals surface area contributed by atoms with Gasteiger partial charge in [0.05, 0.1) is 22.6 Å². The van der Waals surface area contributed by atoms with Crippen LogP contribution in [0.1, 0.15) is 37.3 Å². The summed E-state index contributed by atoms with van der Waals surface area (Å²) in [5, 5.41) is 0.583. The molecule has 1 aliphatic heterocycles. The number of halogens is 1. The second kappa shape index (κ2) is 6.61. The molecule has 0 amide bonds. The van der Waals surface area contributed by atoms with Crippen LogP contribution >= 0.6 is 0 Å². The molecule has 0 aliphatic carbocycles. The third kappa shape index (κ3) is 3.01. The van der Waals surface area contributed by atoms with Crippen molar-refractivity contribution in [1.29, 1.82) is 0 Å². The molecule has 3 heterocycles. The van der Waals surface area contributed by atoms with Crippen LogP contribution < -0.4 is 5.56 Å². The zero-order chi connectivity index (χ0) is 18.1. The molecular weight excluding hydrogens is 331 g/mol. The lowest BCUT2D eigenvalue weighted by Gasteiger charge is -2.38. The number of rotatable bonds is 3. The van der Waals surface area contributed by atoms with Gasteiger partial charge in [0.15, 0.2) is 5.67 Å². The maximum absolute atomic E-state index is 15.3. The molecule has 1 aromatic carbocycles. The minimum atomic E-state index is -1.39. The molecule has 1 fully saturated rings. The van der Waals surface area contributed by atoms with Crippen molar-refractivity contribution in [2.75, 3.05) is 13.1 Å². The zero-order valence-corrected chi connectivity index (χ0v) is 14.7. The number of likely N-dealkylation sites (tertiary alicyclic amines) is 1. The van der Waals surface area contributed by atoms with Crippen LogP contribution in [0.25, 0.3) is 10.9 Å². The van der Waals surface area contributed by atoms with E-state index in [1.165, 1.54) is 0 Å². The molecule has 134 valence electrons. The van der Waals surface area contributed by atoms with Gasteiger partial charge in [0, 0.05) is 19.3 Å². The van der Waals surface area contributed by atoms with Gasteiger partial charge >= 0.3 is 0 Å². The average molecular weight is 352 g/mol. The number of benzene rings is 1. The van der Waals surface area contributed by atoms with E-state index in [-0.39, 0.29) is 11.6 Å². The molecule has 1 N–H and O–H groups in total. The summed E-state index contributed by atoms with van der Waals surface area (Å²) in [7, 11) is 0. The fourth-order valence-corrected chi connectivity index (χ4v) is 3.62. The van der Waals surface area contributed by atoms with Crippen LogP contribution in [0, 0.1) is 0 Å². The molecule has 6 heteroatoms. The molecule has 5 nitrogen and oxygen atoms in total. The number of aromatic amines is 1. The SMILES string of the molecule is CC(c1nc2ccccc2c(=O)[nH]1)N1CCC(F)(c2ccccn2)CC1. The number of piperidine rings is 1. The van der Waals surface area contributed by atoms with Gasteiger partial charge < -0.3 is 4.98 Å². The lowest BCUT2D eigenvalue weighted by Crippen LogP contribution is -2.42. The van der Waals surface area contributed by atoms with Crippen LogP contribution in [0.3, 0.4) is 0 Å². The molecule has 3 aromatic rings. The van der Waals surface area contributed by atoms with E-state index >= 15 is 4.39 Å². The number of hydrogen-bond acceptors (Lipinski definition) is 4. The number of nitrogens with zero attached hydrogens (tertiary/aromatic N) is 3. The normalized spacial score (nSPS) is 18.7. The largest absolute Gasteiger partial charge is 0.309 e. The summed E-state index contributed by atoms with van der Waals surface area (Å²) in [6, 6.07) is 12.6. The summed E-state index contributed by atoms with van der Waals surface area (Å²) in [6.45, 7) is 3.18. The molecule has 0 radical (unpaired) electrons. The van der Waals surface area contributed by atoms with Crippen LogP contribution in [0.2, 0.25) is 0 Å². The van der Waals surface area contributed by atoms with Crippen molar-refractivity contribution < 1.29 is 4.39 Å². The Morgan fingerprint density at radius 2 is 1.88 bits per heavy atom. The van der Waals surface area contributed by atoms with E-state index in [0.717, 1.165) is 0 Å². The van der Waals surface area contributed by atoms with Crippen molar-refractivity contribution in [3.05, 3.63) is 70.5 Å². The summed E-state index contributed by atoms with van der Waals surface area (Å²) in [4.78, 5) is 26.1. The molecule has 1 aliphatic rings. The zero-order valence-electron chi connectivity index (χ0n) is 14.7. The van der Waals surface area contributed by atoms with Crippen LogP contribution in [-0.4, -0.2) is 32.9 Å². The van der Waals surface area contributed by atoms with E-state index < -0.39 is 5.67 Å². The third-order valence-electron chi connectivity index (χ3n) is 5.29. The monoisotopic (exact) mass is 352 g/mol. The first-order valence-corrected chi connectivity index (χ1v) is 8.90. The van der Waals surface area contributed by atoms with Crippen molar-refractivity contribution in [3.63, 3.8) is 0 Å². The van der Waals surface area contributed by atoms with Gasteiger partial charge in [0.1, 0.15) is 5.82 Å². The first-order valence-electron chi connectivity index (χ1n) is 8.90. The number of H-pyrrole nitrogens is 1. The highest BCUT2D eigenvalue weighted by Gasteiger charge is 2.38. The standard InChI is InChI=1S/C20H21FN4O/c1-14(18-23-16-7-3-2-6-15(16)19(26)24-18)25-12-9-20(21,10-13-25)17-8-4-5-11-22-17/h2-8,11,14H,9-10,12-13H2,1H3,(H,23,24,26). The van der Waals surface area contributed by atoms with E-state index in [9.17, 15) is 4.79 Å². The summed E-state index contributed by atoms with van der Waals surface area (Å²) in [5.41, 5.74) is -0.336. The minimum Gasteiger partial charge on any atom is -0.309 e. The van der Waals surface area contributed by atoms with Gasteiger partial charge in [0.2, 0.25) is 0 Å². The van der Waals surface area contributed by atoms with Gasteiger partial charge in [-0.2, -0.15) is 0 Å². The van der Waals surface area contributed by atoms with Crippen molar-refractivity contribution in [2.24, 2.45) is 0 Å². The Bertz CT molecular complexity index is 964. The van der Waals surface area contributed by atoms with Crippen molar-refractivity contribution in [2.45, 2.75) is 31.5 Å². The Morgan fingerprint density at radius 3 is 2.62 bits per heavy atom. The smallest absolute Gasteiger partial charge is 0.258 e. The lowest BCUT2D eigenvalue weighted by atomic mass is 9.89. The van der Waals surface area contributed by atoms with Crippen molar-refractivity contribution in [3.8, 4) is 0 Å². The summed E-state index contributed by atoms with van der Waals surface area (Å²) in [5.74, 6) is 0.623. The number of pyridine rings is 1. The molecule has 0 bridgehead atoms. The first-order chi connectivity index (χ1) is 12.6. The Kier molecular flexibility index (Phi) is 4.28. The molecule has 2 aromatic heterocycles. The number of hydrogen-bond donors (Lipinski definition) is 1. The highest BCUT2D eigenvalue weighted by molar-refractivity contribution is 5.77. The van der Waals surface area contributed by atoms with E-state index in [1.54, 1.807) is 24.4 Å². The summed E-state index contributed by atoms with van der Waals surface area (Å²) >= 11 is 0. The fourth-order valence-electron chi connectivity index (χ4n) is 3.62. The predicted molar refractivity (Wildman–Crippen MR) is 98.6 cm³/mol. The first kappa shape index (κ1) is 16.8. The Hall–Kier alpha value is -2.60. The molecule has 4 rings (SSSR count). The van der Waals surface area contributed by atoms with Crippen molar-refractivity contribution >= 4 is 10.9 Å². The molecule has 0 spiro atoms. The van der Waals surface area contributed by atoms with Gasteiger partial charge in [-0.05, 0) is 44.0 Å². The molecule has 1 atom stereocenters. The number of fused-ring (bicyclic) bond motifs is 1. The van der Waals surface area contributed by atoms with Crippen LogP contribution in [0.5, 0.6) is 0 Å². The Morgan fingerprint density at radius 1 is 1.15 bits per heavy atom. The number of alkyl halides is 1. The molecule has 1 unspecified atom stereocenters. The average Bonchev–Trinajstić information content (AvgIpc) is 2.69. The van der Waals surface area contributed by atoms with E-state index in [4.69, 9.17) is 0 Å². The van der Waals surface area contributed by atoms with Gasteiger partial charge in [-0.3, -0.25) is 14.7 Å². The fraction of sp³-hybridized carbons (Fsp3) is 0.350. The van der Waals surface area contributed by atoms with Gasteiger partial charge in [0.25, 0.3) is 5.56 Å². The second-order valence-corrected chi connectivity index (χ2v) is 6.86. The van der Waals surface area contributed by atoms with Crippen LogP contribution in [-0.2, 0) is 5.67 Å². The van der Waals surface area contributed by atoms with Gasteiger partial charge in [-0.1, -0.05) is 18.2 Å². The van der Waals surface area contributed by atoms with E-state index in [0.29, 0.717) is 48.4 Å². The number of nitrogens with one attached hydrogen (secondary N) is 1. The third-order valence-corrected chi connectivity index (χ3v) is 5.29. The molecular formula is C20H21FN4O. The van der Waals surface area contributed by atoms with Gasteiger partial charge in [-0.15, -0.1) is 0 Å². The quantitative estimate of drug-likeness (QED) is 0.785. The Balaban J connectivity index is 1.54. The van der Waals surface area contributed by atoms with Crippen molar-refractivity contribution in [1.82, 2.24) is 19.9 Å². The summed E-state index contributed by atoms with van der Waals surface area (Å²) < 4.78 is 15.3. The van der Waals surface area contributed by atoms with E-state index in [1.807, 2.05) is 31.2 Å². The highest BCUT2D eigenvalue weighted by Crippen LogP contribution is 2.37. The second-order valence-electron chi connectivity index (χ2n) is 6.86. The lowest BCUT2D eigenvalue weighted by molar-refractivity contribution is 0.0341. The maximum atomic E-state index is 15.3. The number of para-hydroxylation sites is 1. The molecule has 1 saturated heterocycles. The Labute approximate surface area is 150 Å². The van der Waals surface area contributed by atoms with Gasteiger partial charge in [-0.25, -0.2) is 9.37 Å². The molecule has 26 heavy (non-hydrogen) atoms. The predicted octanol–water partition coefficient (Wildman–Crippen LogP) is 3.34. The van der Waals surface area contributed by atoms with Crippen LogP contribution in [0.4, 0.5) is 4.39 Å². The van der Waals surface area contributed by atoms with Crippen LogP contribution in [0.15, 0.2) is 53.5 Å². The maximum Gasteiger partial charge on any atom is 0.258 e. The number of aromatic nitrogens is 3. The highest BCUT2D eigenvalue weighted by atomic mass is 19.1. The van der Waals surface area contributed by atoms with E-state index in [2.05, 4.69) is 19.9 Å². The molecule has 0 saturated carbocycles. The summed E-state index contributed by atoms with van der Waals surface area (Å²) in [6.07, 6.45) is 2.40.